The number of ether oxygens (including phenoxy) is 3. The van der Waals surface area contributed by atoms with E-state index < -0.39 is 5.97 Å². The Morgan fingerprint density at radius 1 is 1.12 bits per heavy atom. The van der Waals surface area contributed by atoms with Crippen LogP contribution in [-0.2, 0) is 9.53 Å². The summed E-state index contributed by atoms with van der Waals surface area (Å²) in [5.41, 5.74) is 0.334. The minimum absolute atomic E-state index is 0.214. The zero-order valence-corrected chi connectivity index (χ0v) is 15.0. The summed E-state index contributed by atoms with van der Waals surface area (Å²) < 4.78 is 16.2. The molecule has 0 saturated heterocycles. The van der Waals surface area contributed by atoms with Crippen LogP contribution in [-0.4, -0.2) is 37.7 Å². The van der Waals surface area contributed by atoms with E-state index >= 15 is 0 Å². The van der Waals surface area contributed by atoms with Crippen molar-refractivity contribution in [3.05, 3.63) is 23.8 Å². The van der Waals surface area contributed by atoms with Crippen LogP contribution in [0.5, 0.6) is 11.5 Å². The molecule has 6 heteroatoms. The predicted molar refractivity (Wildman–Crippen MR) is 94.1 cm³/mol. The predicted octanol–water partition coefficient (Wildman–Crippen LogP) is 3.09. The lowest BCUT2D eigenvalue weighted by molar-refractivity contribution is -0.124. The lowest BCUT2D eigenvalue weighted by Gasteiger charge is -2.14. The van der Waals surface area contributed by atoms with Crippen LogP contribution >= 0.6 is 0 Å². The number of nitrogens with one attached hydrogen (secondary N) is 1. The van der Waals surface area contributed by atoms with Crippen LogP contribution in [0.2, 0.25) is 0 Å². The van der Waals surface area contributed by atoms with Crippen LogP contribution in [0.1, 0.15) is 56.3 Å². The van der Waals surface area contributed by atoms with Crippen LogP contribution < -0.4 is 14.8 Å². The molecule has 0 spiro atoms. The largest absolute Gasteiger partial charge is 0.490 e. The molecule has 1 fully saturated rings. The molecule has 1 aliphatic carbocycles. The highest BCUT2D eigenvalue weighted by Crippen LogP contribution is 2.29. The van der Waals surface area contributed by atoms with Gasteiger partial charge < -0.3 is 19.5 Å². The first-order chi connectivity index (χ1) is 12.1. The van der Waals surface area contributed by atoms with E-state index in [-0.39, 0.29) is 18.6 Å². The second-order valence-corrected chi connectivity index (χ2v) is 6.07. The molecule has 138 valence electrons. The highest BCUT2D eigenvalue weighted by Gasteiger charge is 2.19. The summed E-state index contributed by atoms with van der Waals surface area (Å²) in [6.45, 7) is 4.65. The Labute approximate surface area is 148 Å². The van der Waals surface area contributed by atoms with Crippen molar-refractivity contribution in [2.45, 2.75) is 52.0 Å². The summed E-state index contributed by atoms with van der Waals surface area (Å²) in [7, 11) is 0. The van der Waals surface area contributed by atoms with Gasteiger partial charge in [-0.05, 0) is 44.4 Å². The summed E-state index contributed by atoms with van der Waals surface area (Å²) in [5.74, 6) is 0.290. The number of rotatable bonds is 9. The maximum atomic E-state index is 12.2. The van der Waals surface area contributed by atoms with E-state index in [1.54, 1.807) is 18.2 Å². The van der Waals surface area contributed by atoms with E-state index in [2.05, 4.69) is 5.32 Å². The topological polar surface area (TPSA) is 73.9 Å². The van der Waals surface area contributed by atoms with Crippen molar-refractivity contribution in [3.8, 4) is 11.5 Å². The van der Waals surface area contributed by atoms with Gasteiger partial charge in [-0.3, -0.25) is 4.79 Å². The van der Waals surface area contributed by atoms with Gasteiger partial charge in [0.25, 0.3) is 5.91 Å². The van der Waals surface area contributed by atoms with Crippen molar-refractivity contribution in [1.82, 2.24) is 5.32 Å². The Morgan fingerprint density at radius 2 is 1.88 bits per heavy atom. The third-order valence-electron chi connectivity index (χ3n) is 4.00. The lowest BCUT2D eigenvalue weighted by atomic mass is 10.2. The second kappa shape index (κ2) is 9.91. The minimum atomic E-state index is -0.551. The van der Waals surface area contributed by atoms with Gasteiger partial charge in [-0.25, -0.2) is 4.79 Å². The molecule has 0 unspecified atom stereocenters. The molecule has 6 nitrogen and oxygen atoms in total. The normalized spacial score (nSPS) is 14.2. The third-order valence-corrected chi connectivity index (χ3v) is 4.00. The zero-order valence-electron chi connectivity index (χ0n) is 15.0. The van der Waals surface area contributed by atoms with Crippen molar-refractivity contribution in [3.63, 3.8) is 0 Å². The number of esters is 1. The van der Waals surface area contributed by atoms with Gasteiger partial charge in [0.2, 0.25) is 0 Å². The van der Waals surface area contributed by atoms with Crippen LogP contribution in [0.15, 0.2) is 18.2 Å². The summed E-state index contributed by atoms with van der Waals surface area (Å²) in [5, 5.41) is 2.89. The Kier molecular flexibility index (Phi) is 7.57. The monoisotopic (exact) mass is 349 g/mol. The molecule has 0 radical (unpaired) electrons. The highest BCUT2D eigenvalue weighted by molar-refractivity contribution is 5.92. The molecule has 1 aliphatic rings. The van der Waals surface area contributed by atoms with Gasteiger partial charge in [-0.15, -0.1) is 0 Å². The first-order valence-electron chi connectivity index (χ1n) is 9.00. The second-order valence-electron chi connectivity index (χ2n) is 6.07. The van der Waals surface area contributed by atoms with Gasteiger partial charge in [-0.2, -0.15) is 0 Å². The number of benzene rings is 1. The first-order valence-corrected chi connectivity index (χ1v) is 9.00. The van der Waals surface area contributed by atoms with Crippen LogP contribution in [0, 0.1) is 0 Å². The number of carbonyl (C=O) groups excluding carboxylic acids is 2. The first kappa shape index (κ1) is 19.1. The van der Waals surface area contributed by atoms with Crippen LogP contribution in [0.4, 0.5) is 0 Å². The number of hydrogen-bond donors (Lipinski definition) is 1. The van der Waals surface area contributed by atoms with Gasteiger partial charge in [0.05, 0.1) is 18.8 Å². The molecule has 0 heterocycles. The van der Waals surface area contributed by atoms with E-state index in [1.807, 2.05) is 13.8 Å². The number of carbonyl (C=O) groups is 2. The van der Waals surface area contributed by atoms with E-state index in [0.717, 1.165) is 32.1 Å². The fourth-order valence-corrected chi connectivity index (χ4v) is 2.79. The van der Waals surface area contributed by atoms with Crippen molar-refractivity contribution >= 4 is 11.9 Å². The molecular weight excluding hydrogens is 322 g/mol. The van der Waals surface area contributed by atoms with Crippen molar-refractivity contribution < 1.29 is 23.8 Å². The summed E-state index contributed by atoms with van der Waals surface area (Å²) in [6.07, 6.45) is 5.15. The molecule has 1 aromatic carbocycles. The number of amides is 1. The molecule has 1 N–H and O–H groups in total. The molecule has 25 heavy (non-hydrogen) atoms. The zero-order chi connectivity index (χ0) is 18.1. The fraction of sp³-hybridized carbons (Fsp3) is 0.579. The van der Waals surface area contributed by atoms with Gasteiger partial charge in [0.15, 0.2) is 18.1 Å². The average Bonchev–Trinajstić information content (AvgIpc) is 3.11. The van der Waals surface area contributed by atoms with Gasteiger partial charge in [0, 0.05) is 6.04 Å². The van der Waals surface area contributed by atoms with Crippen LogP contribution in [0.3, 0.4) is 0 Å². The minimum Gasteiger partial charge on any atom is -0.490 e. The Hall–Kier alpha value is -2.24. The van der Waals surface area contributed by atoms with E-state index in [0.29, 0.717) is 30.3 Å². The standard InChI is InChI=1S/C19H27NO5/c1-3-11-24-16-10-9-14(12-17(16)23-4-2)19(22)25-13-18(21)20-15-7-5-6-8-15/h9-10,12,15H,3-8,11,13H2,1-2H3,(H,20,21). The van der Waals surface area contributed by atoms with Gasteiger partial charge in [0.1, 0.15) is 0 Å². The van der Waals surface area contributed by atoms with Crippen LogP contribution in [0.25, 0.3) is 0 Å². The molecule has 1 amide bonds. The van der Waals surface area contributed by atoms with E-state index in [4.69, 9.17) is 14.2 Å². The smallest absolute Gasteiger partial charge is 0.338 e. The van der Waals surface area contributed by atoms with Crippen molar-refractivity contribution in [2.75, 3.05) is 19.8 Å². The molecular formula is C19H27NO5. The van der Waals surface area contributed by atoms with E-state index in [9.17, 15) is 9.59 Å². The molecule has 0 bridgehead atoms. The molecule has 1 aromatic rings. The summed E-state index contributed by atoms with van der Waals surface area (Å²) in [6, 6.07) is 5.11. The van der Waals surface area contributed by atoms with E-state index in [1.165, 1.54) is 0 Å². The SMILES string of the molecule is CCCOc1ccc(C(=O)OCC(=O)NC2CCCC2)cc1OCC. The Morgan fingerprint density at radius 3 is 2.56 bits per heavy atom. The molecule has 0 aliphatic heterocycles. The summed E-state index contributed by atoms with van der Waals surface area (Å²) in [4.78, 5) is 24.0. The molecule has 0 aromatic heterocycles. The molecule has 2 rings (SSSR count). The molecule has 0 atom stereocenters. The Bertz CT molecular complexity index is 581. The molecule has 1 saturated carbocycles. The maximum absolute atomic E-state index is 12.2. The highest BCUT2D eigenvalue weighted by atomic mass is 16.5. The van der Waals surface area contributed by atoms with Crippen molar-refractivity contribution in [2.24, 2.45) is 0 Å². The third kappa shape index (κ3) is 5.96. The fourth-order valence-electron chi connectivity index (χ4n) is 2.79. The van der Waals surface area contributed by atoms with Gasteiger partial charge >= 0.3 is 5.97 Å². The summed E-state index contributed by atoms with van der Waals surface area (Å²) >= 11 is 0. The lowest BCUT2D eigenvalue weighted by Crippen LogP contribution is -2.35. The quantitative estimate of drug-likeness (QED) is 0.694. The van der Waals surface area contributed by atoms with Gasteiger partial charge in [-0.1, -0.05) is 19.8 Å². The number of hydrogen-bond acceptors (Lipinski definition) is 5. The van der Waals surface area contributed by atoms with Crippen molar-refractivity contribution in [1.29, 1.82) is 0 Å². The average molecular weight is 349 g/mol. The maximum Gasteiger partial charge on any atom is 0.338 e. The Balaban J connectivity index is 1.91.